The van der Waals surface area contributed by atoms with E-state index in [0.29, 0.717) is 30.5 Å². The molecule has 1 saturated heterocycles. The highest BCUT2D eigenvalue weighted by Gasteiger charge is 2.79. The monoisotopic (exact) mass is 549 g/mol. The van der Waals surface area contributed by atoms with Gasteiger partial charge in [-0.1, -0.05) is 0 Å². The third-order valence-corrected chi connectivity index (χ3v) is 9.61. The number of aromatic nitrogens is 7. The molecule has 5 aliphatic rings. The summed E-state index contributed by atoms with van der Waals surface area (Å²) in [7, 11) is 1.85. The van der Waals surface area contributed by atoms with E-state index < -0.39 is 17.0 Å². The fourth-order valence-corrected chi connectivity index (χ4v) is 7.26. The number of halogens is 3. The number of hydrogen-bond acceptors (Lipinski definition) is 6. The van der Waals surface area contributed by atoms with Crippen molar-refractivity contribution in [3.05, 3.63) is 53.6 Å². The van der Waals surface area contributed by atoms with Crippen molar-refractivity contribution in [2.75, 3.05) is 6.61 Å². The molecule has 9 rings (SSSR count). The Morgan fingerprint density at radius 3 is 2.50 bits per heavy atom. The quantitative estimate of drug-likeness (QED) is 0.309. The maximum absolute atomic E-state index is 13.8. The van der Waals surface area contributed by atoms with E-state index in [0.717, 1.165) is 52.7 Å². The van der Waals surface area contributed by atoms with Gasteiger partial charge in [0.1, 0.15) is 5.82 Å². The van der Waals surface area contributed by atoms with E-state index in [1.54, 1.807) is 10.9 Å². The van der Waals surface area contributed by atoms with E-state index in [-0.39, 0.29) is 31.3 Å². The zero-order valence-electron chi connectivity index (χ0n) is 22.4. The number of pyridine rings is 1. The lowest BCUT2D eigenvalue weighted by Gasteiger charge is -2.70. The Labute approximate surface area is 229 Å². The number of rotatable bonds is 5. The Morgan fingerprint density at radius 1 is 1.00 bits per heavy atom. The average Bonchev–Trinajstić information content (AvgIpc) is 3.43. The van der Waals surface area contributed by atoms with Gasteiger partial charge in [0.25, 0.3) is 0 Å². The summed E-state index contributed by atoms with van der Waals surface area (Å²) in [5, 5.41) is 9.57. The van der Waals surface area contributed by atoms with Gasteiger partial charge in [-0.15, -0.1) is 0 Å². The Hall–Kier alpha value is -3.34. The highest BCUT2D eigenvalue weighted by molar-refractivity contribution is 5.85. The highest BCUT2D eigenvalue weighted by Crippen LogP contribution is 2.78. The van der Waals surface area contributed by atoms with E-state index in [4.69, 9.17) is 19.7 Å². The number of hydrogen-bond donors (Lipinski definition) is 0. The van der Waals surface area contributed by atoms with Gasteiger partial charge in [0.15, 0.2) is 5.65 Å². The minimum absolute atomic E-state index is 0.0233. The van der Waals surface area contributed by atoms with Crippen LogP contribution in [0.3, 0.4) is 0 Å². The third-order valence-electron chi connectivity index (χ3n) is 9.61. The number of fused-ring (bicyclic) bond motifs is 1. The van der Waals surface area contributed by atoms with Crippen LogP contribution < -0.4 is 0 Å². The molecule has 0 N–H and O–H groups in total. The molecule has 0 amide bonds. The number of ether oxygens (including phenoxy) is 1. The zero-order chi connectivity index (χ0) is 27.4. The molecule has 8 nitrogen and oxygen atoms in total. The molecule has 4 aromatic heterocycles. The molecule has 0 radical (unpaired) electrons. The van der Waals surface area contributed by atoms with Crippen LogP contribution in [0.15, 0.2) is 30.9 Å². The second-order valence-electron chi connectivity index (χ2n) is 12.5. The lowest BCUT2D eigenvalue weighted by atomic mass is 9.33. The van der Waals surface area contributed by atoms with E-state index in [1.165, 1.54) is 0 Å². The molecule has 2 bridgehead atoms. The Kier molecular flexibility index (Phi) is 4.96. The first-order valence-corrected chi connectivity index (χ1v) is 14.0. The van der Waals surface area contributed by atoms with Crippen LogP contribution in [-0.2, 0) is 17.2 Å². The minimum Gasteiger partial charge on any atom is -0.373 e. The summed E-state index contributed by atoms with van der Waals surface area (Å²) in [6, 6.07) is 2.51. The van der Waals surface area contributed by atoms with Gasteiger partial charge in [-0.3, -0.25) is 9.36 Å². The SMILES string of the molecule is Cc1nc2nc([C@H]3CCO[C@@H](c4cnn(C5CC5)c4)C3)nc(C34CC(C(F)(F)F)(C3)C4)c2cc1-c1cnn(C)c1. The van der Waals surface area contributed by atoms with Gasteiger partial charge >= 0.3 is 6.18 Å². The minimum atomic E-state index is -4.19. The second-order valence-corrected chi connectivity index (χ2v) is 12.5. The highest BCUT2D eigenvalue weighted by atomic mass is 19.4. The summed E-state index contributed by atoms with van der Waals surface area (Å²) < 4.78 is 51.3. The summed E-state index contributed by atoms with van der Waals surface area (Å²) in [6.07, 6.45) is 7.40. The zero-order valence-corrected chi connectivity index (χ0v) is 22.4. The van der Waals surface area contributed by atoms with Gasteiger partial charge < -0.3 is 4.74 Å². The van der Waals surface area contributed by atoms with Gasteiger partial charge in [-0.25, -0.2) is 15.0 Å². The largest absolute Gasteiger partial charge is 0.394 e. The fraction of sp³-hybridized carbons (Fsp3) is 0.552. The molecule has 4 aromatic rings. The Bertz CT molecular complexity index is 1630. The molecule has 4 saturated carbocycles. The van der Waals surface area contributed by atoms with Crippen LogP contribution in [0.2, 0.25) is 0 Å². The van der Waals surface area contributed by atoms with Gasteiger partial charge in [0.05, 0.1) is 35.6 Å². The molecule has 2 atom stereocenters. The van der Waals surface area contributed by atoms with Crippen molar-refractivity contribution in [3.8, 4) is 11.1 Å². The summed E-state index contributed by atoms with van der Waals surface area (Å²) in [5.41, 5.74) is 2.80. The predicted molar refractivity (Wildman–Crippen MR) is 139 cm³/mol. The molecule has 0 aromatic carbocycles. The molecular weight excluding hydrogens is 519 g/mol. The first-order chi connectivity index (χ1) is 19.1. The van der Waals surface area contributed by atoms with E-state index >= 15 is 0 Å². The van der Waals surface area contributed by atoms with Crippen LogP contribution in [-0.4, -0.2) is 47.3 Å². The molecule has 4 aliphatic carbocycles. The maximum Gasteiger partial charge on any atom is 0.394 e. The number of nitrogens with zero attached hydrogens (tertiary/aromatic N) is 7. The van der Waals surface area contributed by atoms with Gasteiger partial charge in [-0.05, 0) is 57.9 Å². The fourth-order valence-electron chi connectivity index (χ4n) is 7.26. The maximum atomic E-state index is 13.8. The van der Waals surface area contributed by atoms with Crippen molar-refractivity contribution >= 4 is 11.0 Å². The Balaban J connectivity index is 1.19. The molecule has 5 heterocycles. The number of alkyl halides is 3. The van der Waals surface area contributed by atoms with Crippen molar-refractivity contribution in [3.63, 3.8) is 0 Å². The molecule has 0 unspecified atom stereocenters. The standard InChI is InChI=1S/C29H30F3N7O/c1-16-21(18-9-33-38(2)11-18)8-22-24(27-13-28(14-27,15-27)29(30,31)32)36-25(37-26(22)35-16)17-5-6-40-23(7-17)19-10-34-39(12-19)20-3-4-20/h8-12,17,20,23H,3-7,13-15H2,1-2H3/t17-,23+,27?,28?/m0/s1. The van der Waals surface area contributed by atoms with E-state index in [2.05, 4.69) is 16.4 Å². The first kappa shape index (κ1) is 24.5. The van der Waals surface area contributed by atoms with Crippen molar-refractivity contribution in [2.45, 2.75) is 81.5 Å². The van der Waals surface area contributed by atoms with Crippen LogP contribution in [0.5, 0.6) is 0 Å². The molecule has 1 aliphatic heterocycles. The third kappa shape index (κ3) is 3.59. The molecule has 5 fully saturated rings. The summed E-state index contributed by atoms with van der Waals surface area (Å²) >= 11 is 0. The van der Waals surface area contributed by atoms with E-state index in [9.17, 15) is 13.2 Å². The second kappa shape index (κ2) is 8.11. The average molecular weight is 550 g/mol. The summed E-state index contributed by atoms with van der Waals surface area (Å²) in [6.45, 7) is 2.50. The van der Waals surface area contributed by atoms with Crippen LogP contribution >= 0.6 is 0 Å². The Morgan fingerprint density at radius 2 is 1.80 bits per heavy atom. The molecule has 40 heavy (non-hydrogen) atoms. The van der Waals surface area contributed by atoms with Crippen molar-refractivity contribution < 1.29 is 17.9 Å². The number of aryl methyl sites for hydroxylation is 2. The van der Waals surface area contributed by atoms with Gasteiger partial charge in [-0.2, -0.15) is 23.4 Å². The van der Waals surface area contributed by atoms with Crippen molar-refractivity contribution in [1.82, 2.24) is 34.5 Å². The first-order valence-electron chi connectivity index (χ1n) is 14.0. The lowest BCUT2D eigenvalue weighted by Crippen LogP contribution is -2.70. The molecule has 0 spiro atoms. The lowest BCUT2D eigenvalue weighted by molar-refractivity contribution is -0.337. The van der Waals surface area contributed by atoms with Crippen molar-refractivity contribution in [2.24, 2.45) is 12.5 Å². The topological polar surface area (TPSA) is 83.5 Å². The molecular formula is C29H30F3N7O. The van der Waals surface area contributed by atoms with Crippen LogP contribution in [0.25, 0.3) is 22.2 Å². The predicted octanol–water partition coefficient (Wildman–Crippen LogP) is 5.88. The van der Waals surface area contributed by atoms with Crippen LogP contribution in [0.1, 0.15) is 85.8 Å². The van der Waals surface area contributed by atoms with Gasteiger partial charge in [0, 0.05) is 65.2 Å². The van der Waals surface area contributed by atoms with Gasteiger partial charge in [0.2, 0.25) is 0 Å². The van der Waals surface area contributed by atoms with E-state index in [1.807, 2.05) is 37.1 Å². The van der Waals surface area contributed by atoms with Crippen LogP contribution in [0.4, 0.5) is 13.2 Å². The summed E-state index contributed by atoms with van der Waals surface area (Å²) in [5.74, 6) is 0.687. The summed E-state index contributed by atoms with van der Waals surface area (Å²) in [4.78, 5) is 14.9. The van der Waals surface area contributed by atoms with Crippen molar-refractivity contribution in [1.29, 1.82) is 0 Å². The molecule has 208 valence electrons. The normalized spacial score (nSPS) is 29.8. The molecule has 11 heteroatoms. The van der Waals surface area contributed by atoms with Crippen LogP contribution in [0, 0.1) is 12.3 Å². The smallest absolute Gasteiger partial charge is 0.373 e.